The molecule has 0 radical (unpaired) electrons. The van der Waals surface area contributed by atoms with Gasteiger partial charge in [-0.1, -0.05) is 79.3 Å². The molecular weight excluding hydrogens is 714 g/mol. The zero-order valence-corrected chi connectivity index (χ0v) is 32.3. The van der Waals surface area contributed by atoms with Crippen LogP contribution in [0.2, 0.25) is 0 Å². The summed E-state index contributed by atoms with van der Waals surface area (Å²) in [6.07, 6.45) is 0.851. The molecule has 0 saturated carbocycles. The number of amides is 1. The predicted molar refractivity (Wildman–Crippen MR) is 209 cm³/mol. The first-order valence-corrected chi connectivity index (χ1v) is 18.4. The fraction of sp³-hybridized carbons (Fsp3) is 0.326. The zero-order chi connectivity index (χ0) is 40.1. The number of carbonyl (C=O) groups is 3. The van der Waals surface area contributed by atoms with Crippen LogP contribution in [0.4, 0.5) is 10.1 Å². The minimum Gasteiger partial charge on any atom is -0.458 e. The molecule has 2 unspecified atom stereocenters. The van der Waals surface area contributed by atoms with E-state index in [4.69, 9.17) is 23.7 Å². The Kier molecular flexibility index (Phi) is 14.2. The lowest BCUT2D eigenvalue weighted by atomic mass is 9.92. The number of rotatable bonds is 9. The molecule has 290 valence electrons. The maximum absolute atomic E-state index is 12.6. The molecule has 2 aliphatic rings. The molecule has 10 heteroatoms. The number of β-lactam (4-membered cyclic amide) rings is 1. The molecule has 2 aliphatic heterocycles. The van der Waals surface area contributed by atoms with Crippen molar-refractivity contribution in [3.8, 4) is 23.7 Å². The van der Waals surface area contributed by atoms with Gasteiger partial charge in [-0.05, 0) is 91.4 Å². The van der Waals surface area contributed by atoms with Crippen molar-refractivity contribution < 1.29 is 42.5 Å². The molecule has 2 heterocycles. The predicted octanol–water partition coefficient (Wildman–Crippen LogP) is 8.01. The summed E-state index contributed by atoms with van der Waals surface area (Å²) in [5.74, 6) is 10.5. The minimum atomic E-state index is -1.16. The van der Waals surface area contributed by atoms with Crippen molar-refractivity contribution >= 4 is 23.5 Å². The Hall–Kier alpha value is -5.78. The van der Waals surface area contributed by atoms with Gasteiger partial charge in [0.15, 0.2) is 5.79 Å². The van der Waals surface area contributed by atoms with Gasteiger partial charge < -0.3 is 28.6 Å². The van der Waals surface area contributed by atoms with Crippen molar-refractivity contribution in [1.82, 2.24) is 0 Å². The molecule has 0 aliphatic carbocycles. The van der Waals surface area contributed by atoms with Crippen LogP contribution in [0, 0.1) is 29.5 Å². The maximum atomic E-state index is 12.6. The Morgan fingerprint density at radius 1 is 0.857 bits per heavy atom. The van der Waals surface area contributed by atoms with E-state index in [1.165, 1.54) is 26.0 Å². The van der Waals surface area contributed by atoms with Crippen molar-refractivity contribution in [2.24, 2.45) is 0 Å². The molecule has 2 fully saturated rings. The third kappa shape index (κ3) is 11.9. The van der Waals surface area contributed by atoms with E-state index < -0.39 is 17.4 Å². The first-order chi connectivity index (χ1) is 26.8. The Balaban J connectivity index is 0.000000362. The molecule has 0 spiro atoms. The topological polar surface area (TPSA) is 101 Å². The SMILES string of the molecule is CC(=O)OC1(C#Cc2ccc(C3CC(=O)N3c3ccc(C#CCOCc4ccccc4)cc3)cc2)COC(C)(C)OC1.CCC(OC(C)=O)c1ccc(F)cc1. The first kappa shape index (κ1) is 41.4. The van der Waals surface area contributed by atoms with Crippen LogP contribution in [0.25, 0.3) is 0 Å². The standard InChI is InChI=1S/C35H33NO6.C11H13FO2/c1-26(37)42-35(24-40-34(2,3)41-25-35)20-19-28-11-15-30(16-12-28)32-22-33(38)36(32)31-17-13-27(14-18-31)10-7-21-39-23-29-8-5-4-6-9-29;1-3-11(14-8(2)13)9-4-6-10(12)7-5-9/h4-6,8-9,11-18,32H,21-25H2,1-3H3;4-7,11H,3H2,1-2H3. The van der Waals surface area contributed by atoms with Crippen LogP contribution in [-0.4, -0.2) is 49.1 Å². The van der Waals surface area contributed by atoms with Crippen molar-refractivity contribution in [2.75, 3.05) is 24.7 Å². The van der Waals surface area contributed by atoms with Crippen LogP contribution >= 0.6 is 0 Å². The van der Waals surface area contributed by atoms with E-state index in [2.05, 4.69) is 23.7 Å². The highest BCUT2D eigenvalue weighted by Gasteiger charge is 2.42. The van der Waals surface area contributed by atoms with E-state index in [1.807, 2.05) is 85.8 Å². The molecule has 6 rings (SSSR count). The number of ether oxygens (including phenoxy) is 5. The molecule has 0 bridgehead atoms. The highest BCUT2D eigenvalue weighted by Crippen LogP contribution is 2.39. The van der Waals surface area contributed by atoms with Crippen LogP contribution in [0.15, 0.2) is 103 Å². The molecule has 2 saturated heterocycles. The van der Waals surface area contributed by atoms with E-state index in [-0.39, 0.29) is 43.1 Å². The van der Waals surface area contributed by atoms with Gasteiger partial charge in [0.05, 0.1) is 19.1 Å². The van der Waals surface area contributed by atoms with Gasteiger partial charge in [-0.25, -0.2) is 4.39 Å². The van der Waals surface area contributed by atoms with Crippen molar-refractivity contribution in [2.45, 2.75) is 77.6 Å². The van der Waals surface area contributed by atoms with Gasteiger partial charge in [-0.3, -0.25) is 14.4 Å². The number of nitrogens with zero attached hydrogens (tertiary/aromatic N) is 1. The third-order valence-electron chi connectivity index (χ3n) is 8.91. The number of esters is 2. The monoisotopic (exact) mass is 759 g/mol. The third-order valence-corrected chi connectivity index (χ3v) is 8.91. The van der Waals surface area contributed by atoms with E-state index in [0.717, 1.165) is 33.5 Å². The molecular formula is C46H46FNO8. The van der Waals surface area contributed by atoms with Crippen LogP contribution in [0.1, 0.15) is 87.4 Å². The van der Waals surface area contributed by atoms with Crippen LogP contribution in [-0.2, 0) is 44.7 Å². The van der Waals surface area contributed by atoms with Crippen molar-refractivity contribution in [3.05, 3.63) is 137 Å². The molecule has 2 atom stereocenters. The number of hydrogen-bond donors (Lipinski definition) is 0. The average Bonchev–Trinajstić information content (AvgIpc) is 3.18. The first-order valence-electron chi connectivity index (χ1n) is 18.4. The lowest BCUT2D eigenvalue weighted by Crippen LogP contribution is -2.52. The van der Waals surface area contributed by atoms with Gasteiger partial charge in [0.25, 0.3) is 0 Å². The molecule has 4 aromatic rings. The Morgan fingerprint density at radius 2 is 1.48 bits per heavy atom. The number of anilines is 1. The van der Waals surface area contributed by atoms with E-state index in [1.54, 1.807) is 30.9 Å². The van der Waals surface area contributed by atoms with Gasteiger partial charge in [-0.15, -0.1) is 0 Å². The number of halogens is 1. The summed E-state index contributed by atoms with van der Waals surface area (Å²) < 4.78 is 40.2. The molecule has 0 aromatic heterocycles. The molecule has 9 nitrogen and oxygen atoms in total. The van der Waals surface area contributed by atoms with Gasteiger partial charge >= 0.3 is 11.9 Å². The second-order valence-corrected chi connectivity index (χ2v) is 13.8. The zero-order valence-electron chi connectivity index (χ0n) is 32.3. The number of carbonyl (C=O) groups excluding carboxylic acids is 3. The van der Waals surface area contributed by atoms with Crippen LogP contribution in [0.3, 0.4) is 0 Å². The van der Waals surface area contributed by atoms with Gasteiger partial charge in [0.2, 0.25) is 11.5 Å². The minimum absolute atomic E-state index is 0.0578. The molecule has 56 heavy (non-hydrogen) atoms. The summed E-state index contributed by atoms with van der Waals surface area (Å²) >= 11 is 0. The molecule has 1 amide bonds. The number of hydrogen-bond acceptors (Lipinski definition) is 8. The van der Waals surface area contributed by atoms with Gasteiger partial charge in [0.1, 0.15) is 31.7 Å². The van der Waals surface area contributed by atoms with Crippen molar-refractivity contribution in [3.63, 3.8) is 0 Å². The summed E-state index contributed by atoms with van der Waals surface area (Å²) in [6.45, 7) is 9.34. The second-order valence-electron chi connectivity index (χ2n) is 13.8. The summed E-state index contributed by atoms with van der Waals surface area (Å²) in [5, 5.41) is 0. The summed E-state index contributed by atoms with van der Waals surface area (Å²) in [7, 11) is 0. The Labute approximate surface area is 328 Å². The fourth-order valence-electron chi connectivity index (χ4n) is 5.98. The van der Waals surface area contributed by atoms with Crippen LogP contribution < -0.4 is 4.90 Å². The Bertz CT molecular complexity index is 2070. The van der Waals surface area contributed by atoms with Crippen LogP contribution in [0.5, 0.6) is 0 Å². The van der Waals surface area contributed by atoms with E-state index in [0.29, 0.717) is 26.1 Å². The molecule has 0 N–H and O–H groups in total. The number of benzene rings is 4. The largest absolute Gasteiger partial charge is 0.458 e. The summed E-state index contributed by atoms with van der Waals surface area (Å²) in [4.78, 5) is 36.8. The van der Waals surface area contributed by atoms with E-state index >= 15 is 0 Å². The van der Waals surface area contributed by atoms with E-state index in [9.17, 15) is 18.8 Å². The highest BCUT2D eigenvalue weighted by molar-refractivity contribution is 6.01. The van der Waals surface area contributed by atoms with Crippen molar-refractivity contribution in [1.29, 1.82) is 0 Å². The maximum Gasteiger partial charge on any atom is 0.304 e. The fourth-order valence-corrected chi connectivity index (χ4v) is 5.98. The summed E-state index contributed by atoms with van der Waals surface area (Å²) in [6, 6.07) is 31.3. The molecule has 4 aromatic carbocycles. The highest BCUT2D eigenvalue weighted by atomic mass is 19.1. The summed E-state index contributed by atoms with van der Waals surface area (Å²) in [5.41, 5.74) is 4.23. The second kappa shape index (κ2) is 19.2. The normalized spacial score (nSPS) is 16.9. The van der Waals surface area contributed by atoms with Gasteiger partial charge in [-0.2, -0.15) is 0 Å². The average molecular weight is 760 g/mol. The lowest BCUT2D eigenvalue weighted by Gasteiger charge is -2.40. The quantitative estimate of drug-likeness (QED) is 0.0733. The smallest absolute Gasteiger partial charge is 0.304 e. The Morgan fingerprint density at radius 3 is 2.07 bits per heavy atom. The van der Waals surface area contributed by atoms with Gasteiger partial charge in [0, 0.05) is 30.7 Å². The lowest BCUT2D eigenvalue weighted by molar-refractivity contribution is -0.291.